The van der Waals surface area contributed by atoms with Crippen LogP contribution in [0.5, 0.6) is 5.75 Å². The highest BCUT2D eigenvalue weighted by molar-refractivity contribution is 6.34. The summed E-state index contributed by atoms with van der Waals surface area (Å²) in [5.74, 6) is -0.501. The van der Waals surface area contributed by atoms with Gasteiger partial charge in [-0.05, 0) is 49.6 Å². The third-order valence-electron chi connectivity index (χ3n) is 4.75. The molecule has 1 aliphatic rings. The molecule has 3 rings (SSSR count). The maximum absolute atomic E-state index is 12.6. The molecule has 1 fully saturated rings. The van der Waals surface area contributed by atoms with Gasteiger partial charge in [-0.1, -0.05) is 11.6 Å². The van der Waals surface area contributed by atoms with Gasteiger partial charge in [0, 0.05) is 24.8 Å². The third kappa shape index (κ3) is 4.65. The van der Waals surface area contributed by atoms with Gasteiger partial charge in [-0.2, -0.15) is 0 Å². The average molecular weight is 418 g/mol. The number of carbonyl (C=O) groups is 2. The molecule has 0 aliphatic carbocycles. The summed E-state index contributed by atoms with van der Waals surface area (Å²) >= 11 is 6.28. The van der Waals surface area contributed by atoms with Crippen LogP contribution in [0.3, 0.4) is 0 Å². The Morgan fingerprint density at radius 2 is 1.83 bits per heavy atom. The summed E-state index contributed by atoms with van der Waals surface area (Å²) in [6.07, 6.45) is 3.05. The number of amides is 2. The molecular weight excluding hydrogens is 398 g/mol. The van der Waals surface area contributed by atoms with Crippen LogP contribution in [-0.2, 0) is 0 Å². The Morgan fingerprint density at radius 1 is 1.10 bits per heavy atom. The number of nitro groups is 1. The molecule has 0 atom stereocenters. The Balaban J connectivity index is 1.80. The molecule has 1 heterocycles. The van der Waals surface area contributed by atoms with Crippen LogP contribution in [0.1, 0.15) is 40.0 Å². The Bertz CT molecular complexity index is 957. The molecule has 2 aromatic carbocycles. The fraction of sp³-hybridized carbons (Fsp3) is 0.300. The highest BCUT2D eigenvalue weighted by Crippen LogP contribution is 2.27. The van der Waals surface area contributed by atoms with Crippen molar-refractivity contribution in [1.29, 1.82) is 0 Å². The molecule has 0 aromatic heterocycles. The highest BCUT2D eigenvalue weighted by atomic mass is 35.5. The summed E-state index contributed by atoms with van der Waals surface area (Å²) in [5.41, 5.74) is 0.205. The molecule has 8 nitrogen and oxygen atoms in total. The van der Waals surface area contributed by atoms with Crippen LogP contribution < -0.4 is 10.1 Å². The molecule has 0 bridgehead atoms. The second-order valence-electron chi connectivity index (χ2n) is 6.64. The number of piperidine rings is 1. The number of nitro benzene ring substituents is 1. The van der Waals surface area contributed by atoms with Gasteiger partial charge in [0.25, 0.3) is 17.5 Å². The number of rotatable bonds is 5. The van der Waals surface area contributed by atoms with Crippen molar-refractivity contribution in [3.63, 3.8) is 0 Å². The fourth-order valence-corrected chi connectivity index (χ4v) is 3.48. The van der Waals surface area contributed by atoms with Crippen molar-refractivity contribution >= 4 is 34.8 Å². The number of likely N-dealkylation sites (tertiary alicyclic amines) is 1. The first-order valence-corrected chi connectivity index (χ1v) is 9.51. The molecular formula is C20H20ClN3O5. The lowest BCUT2D eigenvalue weighted by Crippen LogP contribution is -2.35. The lowest BCUT2D eigenvalue weighted by Gasteiger charge is -2.27. The number of ether oxygens (including phenoxy) is 1. The van der Waals surface area contributed by atoms with Gasteiger partial charge in [-0.15, -0.1) is 0 Å². The highest BCUT2D eigenvalue weighted by Gasteiger charge is 2.23. The molecule has 152 valence electrons. The SMILES string of the molecule is COc1ccc([N+](=O)[O-])c(C(=O)Nc2ccc(C(=O)N3CCCCC3)c(Cl)c2)c1. The lowest BCUT2D eigenvalue weighted by molar-refractivity contribution is -0.385. The first-order chi connectivity index (χ1) is 13.9. The van der Waals surface area contributed by atoms with Gasteiger partial charge in [0.2, 0.25) is 0 Å². The zero-order valence-electron chi connectivity index (χ0n) is 15.8. The van der Waals surface area contributed by atoms with Gasteiger partial charge in [-0.3, -0.25) is 19.7 Å². The molecule has 0 unspecified atom stereocenters. The first-order valence-electron chi connectivity index (χ1n) is 9.13. The fourth-order valence-electron chi connectivity index (χ4n) is 3.22. The largest absolute Gasteiger partial charge is 0.497 e. The van der Waals surface area contributed by atoms with Crippen LogP contribution in [0.4, 0.5) is 11.4 Å². The van der Waals surface area contributed by atoms with E-state index in [0.717, 1.165) is 19.3 Å². The van der Waals surface area contributed by atoms with Crippen LogP contribution in [0.2, 0.25) is 5.02 Å². The topological polar surface area (TPSA) is 102 Å². The molecule has 29 heavy (non-hydrogen) atoms. The number of hydrogen-bond donors (Lipinski definition) is 1. The lowest BCUT2D eigenvalue weighted by atomic mass is 10.1. The third-order valence-corrected chi connectivity index (χ3v) is 5.06. The van der Waals surface area contributed by atoms with Gasteiger partial charge in [0.05, 0.1) is 22.6 Å². The number of nitrogens with one attached hydrogen (secondary N) is 1. The van der Waals surface area contributed by atoms with Gasteiger partial charge in [0.1, 0.15) is 11.3 Å². The molecule has 9 heteroatoms. The first kappa shape index (κ1) is 20.6. The molecule has 0 radical (unpaired) electrons. The van der Waals surface area contributed by atoms with E-state index >= 15 is 0 Å². The quantitative estimate of drug-likeness (QED) is 0.582. The van der Waals surface area contributed by atoms with Crippen LogP contribution >= 0.6 is 11.6 Å². The van der Waals surface area contributed by atoms with Crippen molar-refractivity contribution in [3.05, 3.63) is 62.7 Å². The van der Waals surface area contributed by atoms with Crippen LogP contribution in [0.25, 0.3) is 0 Å². The number of anilines is 1. The van der Waals surface area contributed by atoms with Gasteiger partial charge in [0.15, 0.2) is 0 Å². The number of carbonyl (C=O) groups excluding carboxylic acids is 2. The summed E-state index contributed by atoms with van der Waals surface area (Å²) in [6.45, 7) is 1.40. The average Bonchev–Trinajstić information content (AvgIpc) is 2.73. The van der Waals surface area contributed by atoms with Crippen molar-refractivity contribution in [1.82, 2.24) is 4.90 Å². The van der Waals surface area contributed by atoms with Crippen molar-refractivity contribution in [2.24, 2.45) is 0 Å². The number of benzene rings is 2. The van der Waals surface area contributed by atoms with E-state index < -0.39 is 10.8 Å². The summed E-state index contributed by atoms with van der Waals surface area (Å²) in [5, 5.41) is 14.0. The minimum atomic E-state index is -0.679. The van der Waals surface area contributed by atoms with Crippen LogP contribution in [-0.4, -0.2) is 41.8 Å². The minimum absolute atomic E-state index is 0.140. The Kier molecular flexibility index (Phi) is 6.33. The zero-order chi connectivity index (χ0) is 21.0. The van der Waals surface area contributed by atoms with Crippen molar-refractivity contribution in [3.8, 4) is 5.75 Å². The maximum atomic E-state index is 12.6. The molecule has 1 aliphatic heterocycles. The second kappa shape index (κ2) is 8.91. The van der Waals surface area contributed by atoms with E-state index in [1.54, 1.807) is 17.0 Å². The monoisotopic (exact) mass is 417 g/mol. The normalized spacial score (nSPS) is 13.7. The zero-order valence-corrected chi connectivity index (χ0v) is 16.6. The molecule has 1 saturated heterocycles. The van der Waals surface area contributed by atoms with Crippen LogP contribution in [0.15, 0.2) is 36.4 Å². The molecule has 2 amide bonds. The molecule has 0 spiro atoms. The molecule has 0 saturated carbocycles. The predicted octanol–water partition coefficient (Wildman–Crippen LogP) is 4.14. The van der Waals surface area contributed by atoms with E-state index in [9.17, 15) is 19.7 Å². The summed E-state index contributed by atoms with van der Waals surface area (Å²) in [4.78, 5) is 37.6. The Labute approximate surface area is 172 Å². The number of hydrogen-bond acceptors (Lipinski definition) is 5. The van der Waals surface area contributed by atoms with Crippen molar-refractivity contribution in [2.45, 2.75) is 19.3 Å². The van der Waals surface area contributed by atoms with E-state index in [0.29, 0.717) is 30.1 Å². The maximum Gasteiger partial charge on any atom is 0.282 e. The standard InChI is InChI=1S/C20H20ClN3O5/c1-29-14-6-8-18(24(27)28)16(12-14)19(25)22-13-5-7-15(17(21)11-13)20(26)23-9-3-2-4-10-23/h5-8,11-12H,2-4,9-10H2,1H3,(H,22,25). The van der Waals surface area contributed by atoms with Crippen molar-refractivity contribution in [2.75, 3.05) is 25.5 Å². The summed E-state index contributed by atoms with van der Waals surface area (Å²) in [7, 11) is 1.40. The van der Waals surface area contributed by atoms with Gasteiger partial charge < -0.3 is 15.0 Å². The molecule has 2 aromatic rings. The predicted molar refractivity (Wildman–Crippen MR) is 109 cm³/mol. The Morgan fingerprint density at radius 3 is 2.45 bits per heavy atom. The summed E-state index contributed by atoms with van der Waals surface area (Å²) < 4.78 is 5.04. The van der Waals surface area contributed by atoms with Crippen molar-refractivity contribution < 1.29 is 19.2 Å². The van der Waals surface area contributed by atoms with E-state index in [2.05, 4.69) is 5.32 Å². The number of methoxy groups -OCH3 is 1. The minimum Gasteiger partial charge on any atom is -0.497 e. The van der Waals surface area contributed by atoms with Gasteiger partial charge >= 0.3 is 0 Å². The summed E-state index contributed by atoms with van der Waals surface area (Å²) in [6, 6.07) is 8.47. The van der Waals surface area contributed by atoms with E-state index in [1.165, 1.54) is 31.4 Å². The van der Waals surface area contributed by atoms with E-state index in [-0.39, 0.29) is 22.2 Å². The van der Waals surface area contributed by atoms with Gasteiger partial charge in [-0.25, -0.2) is 0 Å². The smallest absolute Gasteiger partial charge is 0.282 e. The number of halogens is 1. The number of nitrogens with zero attached hydrogens (tertiary/aromatic N) is 2. The van der Waals surface area contributed by atoms with Crippen LogP contribution in [0, 0.1) is 10.1 Å². The molecule has 1 N–H and O–H groups in total. The Hall–Kier alpha value is -3.13. The van der Waals surface area contributed by atoms with E-state index in [1.807, 2.05) is 0 Å². The second-order valence-corrected chi connectivity index (χ2v) is 7.05. The van der Waals surface area contributed by atoms with E-state index in [4.69, 9.17) is 16.3 Å².